The van der Waals surface area contributed by atoms with Crippen LogP contribution in [-0.4, -0.2) is 0 Å². The Balaban J connectivity index is 1.04. The second kappa shape index (κ2) is 12.3. The Morgan fingerprint density at radius 1 is 0.185 bits per heavy atom. The Labute approximate surface area is 314 Å². The lowest BCUT2D eigenvalue weighted by atomic mass is 9.84. The van der Waals surface area contributed by atoms with E-state index in [9.17, 15) is 0 Å². The molecule has 0 amide bonds. The fourth-order valence-corrected chi connectivity index (χ4v) is 8.82. The average molecular weight is 683 g/mol. The summed E-state index contributed by atoms with van der Waals surface area (Å²) in [5.41, 5.74) is 10.1. The molecule has 0 aromatic heterocycles. The van der Waals surface area contributed by atoms with Gasteiger partial charge < -0.3 is 0 Å². The van der Waals surface area contributed by atoms with Crippen LogP contribution in [-0.2, 0) is 0 Å². The van der Waals surface area contributed by atoms with Crippen molar-refractivity contribution in [3.05, 3.63) is 206 Å². The van der Waals surface area contributed by atoms with Crippen molar-refractivity contribution in [2.45, 2.75) is 0 Å². The zero-order valence-electron chi connectivity index (χ0n) is 29.6. The summed E-state index contributed by atoms with van der Waals surface area (Å²) < 4.78 is 0. The highest BCUT2D eigenvalue weighted by Gasteiger charge is 2.18. The van der Waals surface area contributed by atoms with Gasteiger partial charge in [-0.15, -0.1) is 0 Å². The van der Waals surface area contributed by atoms with Gasteiger partial charge in [0.1, 0.15) is 0 Å². The van der Waals surface area contributed by atoms with E-state index in [0.717, 1.165) is 0 Å². The fraction of sp³-hybridized carbons (Fsp3) is 0. The van der Waals surface area contributed by atoms with Gasteiger partial charge in [0.25, 0.3) is 0 Å². The van der Waals surface area contributed by atoms with Crippen molar-refractivity contribution in [1.82, 2.24) is 0 Å². The van der Waals surface area contributed by atoms with E-state index in [-0.39, 0.29) is 0 Å². The molecular weight excluding hydrogens is 649 g/mol. The summed E-state index contributed by atoms with van der Waals surface area (Å²) in [6.45, 7) is 0. The minimum Gasteiger partial charge on any atom is -0.0616 e. The van der Waals surface area contributed by atoms with E-state index in [1.165, 1.54) is 109 Å². The number of hydrogen-bond acceptors (Lipinski definition) is 0. The second-order valence-electron chi connectivity index (χ2n) is 14.4. The molecule has 0 fully saturated rings. The van der Waals surface area contributed by atoms with Gasteiger partial charge >= 0.3 is 0 Å². The van der Waals surface area contributed by atoms with Crippen molar-refractivity contribution >= 4 is 64.6 Å². The maximum absolute atomic E-state index is 2.39. The molecule has 0 aliphatic carbocycles. The van der Waals surface area contributed by atoms with Crippen LogP contribution in [0.25, 0.3) is 109 Å². The van der Waals surface area contributed by atoms with Crippen LogP contribution in [0.2, 0.25) is 0 Å². The summed E-state index contributed by atoms with van der Waals surface area (Å²) in [4.78, 5) is 0. The number of benzene rings is 11. The highest BCUT2D eigenvalue weighted by Crippen LogP contribution is 2.46. The van der Waals surface area contributed by atoms with Gasteiger partial charge in [-0.05, 0) is 133 Å². The highest BCUT2D eigenvalue weighted by atomic mass is 14.2. The molecule has 0 aliphatic rings. The van der Waals surface area contributed by atoms with E-state index in [4.69, 9.17) is 0 Å². The maximum atomic E-state index is 2.39. The summed E-state index contributed by atoms with van der Waals surface area (Å²) in [6.07, 6.45) is 0. The topological polar surface area (TPSA) is 0 Å². The van der Waals surface area contributed by atoms with Crippen molar-refractivity contribution in [1.29, 1.82) is 0 Å². The van der Waals surface area contributed by atoms with E-state index < -0.39 is 0 Å². The number of rotatable bonds is 4. The summed E-state index contributed by atoms with van der Waals surface area (Å²) in [5, 5.41) is 15.2. The van der Waals surface area contributed by atoms with Gasteiger partial charge in [0.2, 0.25) is 0 Å². The predicted molar refractivity (Wildman–Crippen MR) is 233 cm³/mol. The fourth-order valence-electron chi connectivity index (χ4n) is 8.82. The summed E-state index contributed by atoms with van der Waals surface area (Å²) in [6, 6.07) is 76.1. The van der Waals surface area contributed by atoms with Crippen molar-refractivity contribution in [2.75, 3.05) is 0 Å². The Hall–Kier alpha value is -7.02. The van der Waals surface area contributed by atoms with Crippen LogP contribution in [0.1, 0.15) is 0 Å². The van der Waals surface area contributed by atoms with Gasteiger partial charge in [0.05, 0.1) is 0 Å². The molecule has 250 valence electrons. The average Bonchev–Trinajstić information content (AvgIpc) is 3.24. The third kappa shape index (κ3) is 4.92. The summed E-state index contributed by atoms with van der Waals surface area (Å²) in [7, 11) is 0. The van der Waals surface area contributed by atoms with E-state index in [1.54, 1.807) is 0 Å². The van der Waals surface area contributed by atoms with Crippen molar-refractivity contribution in [2.24, 2.45) is 0 Å². The zero-order chi connectivity index (χ0) is 35.6. The van der Waals surface area contributed by atoms with Gasteiger partial charge in [0, 0.05) is 0 Å². The third-order valence-corrected chi connectivity index (χ3v) is 11.4. The third-order valence-electron chi connectivity index (χ3n) is 11.4. The molecule has 11 aromatic carbocycles. The molecule has 0 heterocycles. The molecule has 0 spiro atoms. The Morgan fingerprint density at radius 2 is 0.574 bits per heavy atom. The molecule has 0 saturated heterocycles. The lowest BCUT2D eigenvalue weighted by Crippen LogP contribution is -1.91. The molecule has 0 nitrogen and oxygen atoms in total. The first-order valence-corrected chi connectivity index (χ1v) is 18.7. The van der Waals surface area contributed by atoms with Crippen LogP contribution in [0.15, 0.2) is 206 Å². The van der Waals surface area contributed by atoms with Gasteiger partial charge in [-0.2, -0.15) is 0 Å². The quantitative estimate of drug-likeness (QED) is 0.162. The number of fused-ring (bicyclic) bond motifs is 6. The predicted octanol–water partition coefficient (Wildman–Crippen LogP) is 15.3. The standard InChI is InChI=1S/C54H34/c1-3-15-45-36(11-1)13-9-21-47(45)42-29-28-39-31-38(26-27-40(39)32-42)41-25-23-35-24-30-43(34-44(35)33-41)53-49-17-5-7-19-51(49)54(52-20-8-6-18-50(52)53)48-22-10-14-37-12-2-4-16-46(37)48/h1-34H. The Kier molecular flexibility index (Phi) is 6.97. The molecule has 0 radical (unpaired) electrons. The van der Waals surface area contributed by atoms with Gasteiger partial charge in [-0.3, -0.25) is 0 Å². The molecule has 11 aromatic rings. The lowest BCUT2D eigenvalue weighted by molar-refractivity contribution is 1.65. The molecule has 0 atom stereocenters. The van der Waals surface area contributed by atoms with E-state index in [2.05, 4.69) is 206 Å². The van der Waals surface area contributed by atoms with Crippen LogP contribution in [0.3, 0.4) is 0 Å². The summed E-state index contributed by atoms with van der Waals surface area (Å²) >= 11 is 0. The number of hydrogen-bond donors (Lipinski definition) is 0. The first kappa shape index (κ1) is 30.6. The second-order valence-corrected chi connectivity index (χ2v) is 14.4. The van der Waals surface area contributed by atoms with Crippen LogP contribution in [0, 0.1) is 0 Å². The Morgan fingerprint density at radius 3 is 1.19 bits per heavy atom. The Bertz CT molecular complexity index is 3210. The van der Waals surface area contributed by atoms with Crippen molar-refractivity contribution in [3.8, 4) is 44.5 Å². The molecule has 0 unspecified atom stereocenters. The summed E-state index contributed by atoms with van der Waals surface area (Å²) in [5.74, 6) is 0. The van der Waals surface area contributed by atoms with Crippen LogP contribution in [0.4, 0.5) is 0 Å². The van der Waals surface area contributed by atoms with E-state index >= 15 is 0 Å². The molecule has 54 heavy (non-hydrogen) atoms. The van der Waals surface area contributed by atoms with Crippen LogP contribution < -0.4 is 0 Å². The van der Waals surface area contributed by atoms with Gasteiger partial charge in [0.15, 0.2) is 0 Å². The van der Waals surface area contributed by atoms with Gasteiger partial charge in [-0.25, -0.2) is 0 Å². The normalized spacial score (nSPS) is 11.7. The van der Waals surface area contributed by atoms with Gasteiger partial charge in [-0.1, -0.05) is 182 Å². The zero-order valence-corrected chi connectivity index (χ0v) is 29.6. The highest BCUT2D eigenvalue weighted by molar-refractivity contribution is 6.23. The molecule has 0 heteroatoms. The minimum atomic E-state index is 1.22. The maximum Gasteiger partial charge on any atom is -0.00201 e. The largest absolute Gasteiger partial charge is 0.0616 e. The molecule has 11 rings (SSSR count). The van der Waals surface area contributed by atoms with Crippen LogP contribution in [0.5, 0.6) is 0 Å². The van der Waals surface area contributed by atoms with Crippen molar-refractivity contribution in [3.63, 3.8) is 0 Å². The lowest BCUT2D eigenvalue weighted by Gasteiger charge is -2.19. The molecule has 0 bridgehead atoms. The molecule has 0 aliphatic heterocycles. The van der Waals surface area contributed by atoms with E-state index in [1.807, 2.05) is 0 Å². The van der Waals surface area contributed by atoms with E-state index in [0.29, 0.717) is 0 Å². The first-order valence-electron chi connectivity index (χ1n) is 18.7. The molecule has 0 N–H and O–H groups in total. The minimum absolute atomic E-state index is 1.22. The SMILES string of the molecule is c1ccc2c(-c3ccc4cc(-c5ccc6ccc(-c7c8ccccc8c(-c8cccc9ccccc89)c8ccccc78)cc6c5)ccc4c3)cccc2c1. The van der Waals surface area contributed by atoms with Crippen molar-refractivity contribution < 1.29 is 0 Å². The smallest absolute Gasteiger partial charge is 0.00201 e. The van der Waals surface area contributed by atoms with Crippen LogP contribution >= 0.6 is 0 Å². The first-order chi connectivity index (χ1) is 26.8. The monoisotopic (exact) mass is 682 g/mol. The molecular formula is C54H34. The molecule has 0 saturated carbocycles.